The molecule has 0 spiro atoms. The first-order chi connectivity index (χ1) is 11.0. The average molecular weight is 336 g/mol. The third kappa shape index (κ3) is 2.81. The summed E-state index contributed by atoms with van der Waals surface area (Å²) >= 11 is 1.33. The number of fused-ring (bicyclic) bond motifs is 1. The molecule has 1 fully saturated rings. The van der Waals surface area contributed by atoms with E-state index in [1.54, 1.807) is 7.05 Å². The van der Waals surface area contributed by atoms with Crippen LogP contribution in [0.25, 0.3) is 11.0 Å². The maximum atomic E-state index is 12.5. The van der Waals surface area contributed by atoms with Crippen molar-refractivity contribution in [3.63, 3.8) is 0 Å². The lowest BCUT2D eigenvalue weighted by atomic mass is 10.1. The predicted molar refractivity (Wildman–Crippen MR) is 89.0 cm³/mol. The van der Waals surface area contributed by atoms with Crippen molar-refractivity contribution in [2.24, 2.45) is 14.1 Å². The van der Waals surface area contributed by atoms with Gasteiger partial charge in [-0.3, -0.25) is 13.9 Å². The quantitative estimate of drug-likeness (QED) is 0.655. The molecule has 3 rings (SSSR count). The lowest BCUT2D eigenvalue weighted by Crippen LogP contribution is -2.38. The Kier molecular flexibility index (Phi) is 4.54. The van der Waals surface area contributed by atoms with Crippen LogP contribution in [-0.4, -0.2) is 36.6 Å². The molecule has 0 atom stereocenters. The SMILES string of the molecule is Cn1c(=O)c2c(SCCO)nc(C3CCCC3)nc2n(C)c1=O. The van der Waals surface area contributed by atoms with Crippen molar-refractivity contribution in [3.05, 3.63) is 26.7 Å². The van der Waals surface area contributed by atoms with Crippen LogP contribution in [0.3, 0.4) is 0 Å². The van der Waals surface area contributed by atoms with Crippen molar-refractivity contribution in [1.82, 2.24) is 19.1 Å². The van der Waals surface area contributed by atoms with Crippen molar-refractivity contribution in [2.75, 3.05) is 12.4 Å². The third-order valence-corrected chi connectivity index (χ3v) is 5.29. The number of aryl methyl sites for hydroxylation is 1. The molecule has 1 N–H and O–H groups in total. The molecule has 2 aromatic heterocycles. The highest BCUT2D eigenvalue weighted by molar-refractivity contribution is 7.99. The van der Waals surface area contributed by atoms with Gasteiger partial charge in [-0.2, -0.15) is 0 Å². The molecule has 1 saturated carbocycles. The van der Waals surface area contributed by atoms with Crippen LogP contribution < -0.4 is 11.2 Å². The fourth-order valence-electron chi connectivity index (χ4n) is 3.06. The van der Waals surface area contributed by atoms with Gasteiger partial charge in [0.25, 0.3) is 5.56 Å². The Hall–Kier alpha value is -1.67. The fraction of sp³-hybridized carbons (Fsp3) is 0.600. The van der Waals surface area contributed by atoms with Crippen LogP contribution in [0.5, 0.6) is 0 Å². The highest BCUT2D eigenvalue weighted by Crippen LogP contribution is 2.34. The van der Waals surface area contributed by atoms with E-state index in [0.29, 0.717) is 27.6 Å². The lowest BCUT2D eigenvalue weighted by Gasteiger charge is -2.14. The molecule has 2 heterocycles. The van der Waals surface area contributed by atoms with Crippen molar-refractivity contribution in [3.8, 4) is 0 Å². The summed E-state index contributed by atoms with van der Waals surface area (Å²) in [5.41, 5.74) is -0.395. The first-order valence-electron chi connectivity index (χ1n) is 7.76. The van der Waals surface area contributed by atoms with E-state index in [9.17, 15) is 9.59 Å². The first kappa shape index (κ1) is 16.2. The van der Waals surface area contributed by atoms with Gasteiger partial charge in [0.15, 0.2) is 5.65 Å². The van der Waals surface area contributed by atoms with E-state index in [0.717, 1.165) is 30.3 Å². The van der Waals surface area contributed by atoms with Gasteiger partial charge in [-0.1, -0.05) is 12.8 Å². The van der Waals surface area contributed by atoms with Gasteiger partial charge >= 0.3 is 5.69 Å². The van der Waals surface area contributed by atoms with E-state index in [1.807, 2.05) is 0 Å². The molecule has 8 heteroatoms. The van der Waals surface area contributed by atoms with Crippen LogP contribution in [0.1, 0.15) is 37.4 Å². The zero-order chi connectivity index (χ0) is 16.6. The van der Waals surface area contributed by atoms with E-state index in [2.05, 4.69) is 9.97 Å². The molecule has 23 heavy (non-hydrogen) atoms. The van der Waals surface area contributed by atoms with Gasteiger partial charge in [0.1, 0.15) is 16.2 Å². The molecule has 2 aromatic rings. The van der Waals surface area contributed by atoms with Crippen LogP contribution in [0.2, 0.25) is 0 Å². The summed E-state index contributed by atoms with van der Waals surface area (Å²) in [6.07, 6.45) is 4.38. The van der Waals surface area contributed by atoms with E-state index in [-0.39, 0.29) is 18.1 Å². The van der Waals surface area contributed by atoms with E-state index < -0.39 is 5.69 Å². The fourth-order valence-corrected chi connectivity index (χ4v) is 3.82. The van der Waals surface area contributed by atoms with Crippen LogP contribution in [0, 0.1) is 0 Å². The second-order valence-corrected chi connectivity index (χ2v) is 6.93. The zero-order valence-corrected chi connectivity index (χ0v) is 14.1. The van der Waals surface area contributed by atoms with Gasteiger partial charge in [0.2, 0.25) is 0 Å². The monoisotopic (exact) mass is 336 g/mol. The Balaban J connectivity index is 2.30. The molecule has 0 bridgehead atoms. The Morgan fingerprint density at radius 3 is 2.52 bits per heavy atom. The van der Waals surface area contributed by atoms with Gasteiger partial charge in [-0.25, -0.2) is 14.8 Å². The van der Waals surface area contributed by atoms with Crippen LogP contribution in [0.4, 0.5) is 0 Å². The zero-order valence-electron chi connectivity index (χ0n) is 13.3. The largest absolute Gasteiger partial charge is 0.396 e. The third-order valence-electron chi connectivity index (χ3n) is 4.33. The maximum absolute atomic E-state index is 12.5. The smallest absolute Gasteiger partial charge is 0.332 e. The lowest BCUT2D eigenvalue weighted by molar-refractivity contribution is 0.322. The summed E-state index contributed by atoms with van der Waals surface area (Å²) in [4.78, 5) is 33.8. The normalized spacial score (nSPS) is 15.6. The minimum atomic E-state index is -0.392. The molecule has 0 unspecified atom stereocenters. The summed E-state index contributed by atoms with van der Waals surface area (Å²) in [5, 5.41) is 10.0. The Bertz CT molecular complexity index is 852. The number of aromatic nitrogens is 4. The van der Waals surface area contributed by atoms with Crippen LogP contribution in [0.15, 0.2) is 14.6 Å². The van der Waals surface area contributed by atoms with Gasteiger partial charge < -0.3 is 5.11 Å². The van der Waals surface area contributed by atoms with E-state index in [4.69, 9.17) is 5.11 Å². The Morgan fingerprint density at radius 2 is 1.87 bits per heavy atom. The molecule has 0 radical (unpaired) electrons. The van der Waals surface area contributed by atoms with Gasteiger partial charge in [-0.05, 0) is 12.8 Å². The summed E-state index contributed by atoms with van der Waals surface area (Å²) in [5.74, 6) is 1.44. The predicted octanol–water partition coefficient (Wildman–Crippen LogP) is 0.769. The van der Waals surface area contributed by atoms with Crippen molar-refractivity contribution < 1.29 is 5.11 Å². The topological polar surface area (TPSA) is 90.0 Å². The van der Waals surface area contributed by atoms with Crippen molar-refractivity contribution in [1.29, 1.82) is 0 Å². The summed E-state index contributed by atoms with van der Waals surface area (Å²) in [6, 6.07) is 0. The molecule has 7 nitrogen and oxygen atoms in total. The molecule has 0 amide bonds. The minimum Gasteiger partial charge on any atom is -0.396 e. The second kappa shape index (κ2) is 6.45. The molecule has 124 valence electrons. The second-order valence-electron chi connectivity index (χ2n) is 5.84. The summed E-state index contributed by atoms with van der Waals surface area (Å²) < 4.78 is 2.48. The minimum absolute atomic E-state index is 0.000996. The van der Waals surface area contributed by atoms with E-state index >= 15 is 0 Å². The molecular formula is C15H20N4O3S. The number of aliphatic hydroxyl groups excluding tert-OH is 1. The molecule has 0 aliphatic heterocycles. The standard InChI is InChI=1S/C15H20N4O3S/c1-18-12-10(14(21)19(2)15(18)22)13(23-8-7-20)17-11(16-12)9-5-3-4-6-9/h9,20H,3-8H2,1-2H3. The van der Waals surface area contributed by atoms with Crippen molar-refractivity contribution in [2.45, 2.75) is 36.6 Å². The Morgan fingerprint density at radius 1 is 1.17 bits per heavy atom. The number of thioether (sulfide) groups is 1. The van der Waals surface area contributed by atoms with Gasteiger partial charge in [0.05, 0.1) is 6.61 Å². The number of aliphatic hydroxyl groups is 1. The number of rotatable bonds is 4. The number of nitrogens with zero attached hydrogens (tertiary/aromatic N) is 4. The summed E-state index contributed by atoms with van der Waals surface area (Å²) in [7, 11) is 3.07. The molecular weight excluding hydrogens is 316 g/mol. The molecule has 1 aliphatic carbocycles. The average Bonchev–Trinajstić information content (AvgIpc) is 3.09. The number of hydrogen-bond acceptors (Lipinski definition) is 6. The van der Waals surface area contributed by atoms with Gasteiger partial charge in [-0.15, -0.1) is 11.8 Å². The maximum Gasteiger partial charge on any atom is 0.332 e. The van der Waals surface area contributed by atoms with Crippen LogP contribution >= 0.6 is 11.8 Å². The molecule has 0 aromatic carbocycles. The summed E-state index contributed by atoms with van der Waals surface area (Å²) in [6.45, 7) is 0.000996. The Labute approximate surface area is 137 Å². The number of hydrogen-bond donors (Lipinski definition) is 1. The molecule has 0 saturated heterocycles. The molecule has 1 aliphatic rings. The van der Waals surface area contributed by atoms with E-state index in [1.165, 1.54) is 23.4 Å². The van der Waals surface area contributed by atoms with Crippen molar-refractivity contribution >= 4 is 22.8 Å². The van der Waals surface area contributed by atoms with Gasteiger partial charge in [0, 0.05) is 25.8 Å². The highest BCUT2D eigenvalue weighted by atomic mass is 32.2. The highest BCUT2D eigenvalue weighted by Gasteiger charge is 2.24. The first-order valence-corrected chi connectivity index (χ1v) is 8.74. The van der Waals surface area contributed by atoms with Crippen LogP contribution in [-0.2, 0) is 14.1 Å².